The molecule has 0 atom stereocenters. The Hall–Kier alpha value is -1.46. The second kappa shape index (κ2) is 5.89. The molecule has 2 nitrogen and oxygen atoms in total. The molecule has 0 heterocycles. The molecule has 0 aliphatic rings. The highest BCUT2D eigenvalue weighted by Crippen LogP contribution is 2.32. The lowest BCUT2D eigenvalue weighted by atomic mass is 10.1. The van der Waals surface area contributed by atoms with Crippen molar-refractivity contribution in [1.29, 1.82) is 0 Å². The van der Waals surface area contributed by atoms with E-state index >= 15 is 0 Å². The summed E-state index contributed by atoms with van der Waals surface area (Å²) < 4.78 is 20.0. The van der Waals surface area contributed by atoms with E-state index in [-0.39, 0.29) is 15.2 Å². The van der Waals surface area contributed by atoms with E-state index < -0.39 is 5.82 Å². The van der Waals surface area contributed by atoms with Gasteiger partial charge in [0.25, 0.3) is 0 Å². The first-order chi connectivity index (χ1) is 9.38. The number of aryl methyl sites for hydroxylation is 2. The monoisotopic (exact) mass is 353 g/mol. The lowest BCUT2D eigenvalue weighted by molar-refractivity contribution is 0.439. The molecule has 0 saturated heterocycles. The molecule has 2 rings (SSSR count). The van der Waals surface area contributed by atoms with Crippen molar-refractivity contribution in [1.82, 2.24) is 0 Å². The Kier molecular flexibility index (Phi) is 4.40. The van der Waals surface area contributed by atoms with Crippen molar-refractivity contribution >= 4 is 33.1 Å². The molecule has 2 aromatic rings. The fourth-order valence-electron chi connectivity index (χ4n) is 1.92. The summed E-state index contributed by atoms with van der Waals surface area (Å²) in [5, 5.41) is 0. The number of nitrogens with two attached hydrogens (primary N) is 1. The van der Waals surface area contributed by atoms with Gasteiger partial charge in [0.05, 0.1) is 4.47 Å². The highest BCUT2D eigenvalue weighted by molar-refractivity contribution is 9.10. The molecule has 0 aliphatic carbocycles. The summed E-state index contributed by atoms with van der Waals surface area (Å²) in [7, 11) is 0. The van der Waals surface area contributed by atoms with Crippen LogP contribution in [0.3, 0.4) is 0 Å². The first-order valence-corrected chi connectivity index (χ1v) is 7.12. The van der Waals surface area contributed by atoms with Crippen LogP contribution in [0.5, 0.6) is 11.5 Å². The Balaban J connectivity index is 2.39. The largest absolute Gasteiger partial charge is 0.454 e. The molecule has 0 bridgehead atoms. The van der Waals surface area contributed by atoms with Crippen molar-refractivity contribution < 1.29 is 9.13 Å². The van der Waals surface area contributed by atoms with E-state index in [2.05, 4.69) is 15.9 Å². The number of halogens is 2. The van der Waals surface area contributed by atoms with Gasteiger partial charge in [0.1, 0.15) is 10.7 Å². The van der Waals surface area contributed by atoms with E-state index in [1.54, 1.807) is 6.07 Å². The summed E-state index contributed by atoms with van der Waals surface area (Å²) >= 11 is 8.01. The maximum absolute atomic E-state index is 14.2. The number of benzene rings is 2. The van der Waals surface area contributed by atoms with Crippen LogP contribution >= 0.6 is 28.1 Å². The number of rotatable bonds is 3. The fraction of sp³-hybridized carbons (Fsp3) is 0.133. The van der Waals surface area contributed by atoms with Crippen LogP contribution in [0, 0.1) is 19.7 Å². The molecule has 0 radical (unpaired) electrons. The summed E-state index contributed by atoms with van der Waals surface area (Å²) in [6.07, 6.45) is 0. The third kappa shape index (κ3) is 3.16. The van der Waals surface area contributed by atoms with Crippen LogP contribution in [-0.4, -0.2) is 4.99 Å². The summed E-state index contributed by atoms with van der Waals surface area (Å²) in [5.74, 6) is 0.202. The lowest BCUT2D eigenvalue weighted by Gasteiger charge is -2.11. The quantitative estimate of drug-likeness (QED) is 0.817. The van der Waals surface area contributed by atoms with Crippen molar-refractivity contribution in [2.75, 3.05) is 0 Å². The SMILES string of the molecule is Cc1cc(C)cc(Oc2ccc(C(N)=S)c(Br)c2F)c1. The molecule has 104 valence electrons. The second-order valence-electron chi connectivity index (χ2n) is 4.53. The first-order valence-electron chi connectivity index (χ1n) is 5.92. The highest BCUT2D eigenvalue weighted by atomic mass is 79.9. The van der Waals surface area contributed by atoms with Crippen LogP contribution in [0.4, 0.5) is 4.39 Å². The molecule has 20 heavy (non-hydrogen) atoms. The Morgan fingerprint density at radius 3 is 2.35 bits per heavy atom. The van der Waals surface area contributed by atoms with Gasteiger partial charge in [-0.15, -0.1) is 0 Å². The minimum Gasteiger partial charge on any atom is -0.454 e. The number of ether oxygens (including phenoxy) is 1. The van der Waals surface area contributed by atoms with Crippen molar-refractivity contribution in [3.8, 4) is 11.5 Å². The fourth-order valence-corrected chi connectivity index (χ4v) is 2.76. The van der Waals surface area contributed by atoms with Gasteiger partial charge in [-0.2, -0.15) is 0 Å². The third-order valence-electron chi connectivity index (χ3n) is 2.74. The third-order valence-corrected chi connectivity index (χ3v) is 3.73. The Morgan fingerprint density at radius 2 is 1.80 bits per heavy atom. The van der Waals surface area contributed by atoms with Crippen molar-refractivity contribution in [2.24, 2.45) is 5.73 Å². The van der Waals surface area contributed by atoms with Gasteiger partial charge in [-0.3, -0.25) is 0 Å². The average molecular weight is 354 g/mol. The molecule has 0 aliphatic heterocycles. The average Bonchev–Trinajstić information content (AvgIpc) is 2.33. The smallest absolute Gasteiger partial charge is 0.180 e. The normalized spacial score (nSPS) is 10.4. The van der Waals surface area contributed by atoms with Crippen LogP contribution < -0.4 is 10.5 Å². The topological polar surface area (TPSA) is 35.2 Å². The van der Waals surface area contributed by atoms with Crippen LogP contribution in [-0.2, 0) is 0 Å². The van der Waals surface area contributed by atoms with Crippen molar-refractivity contribution in [3.05, 3.63) is 57.3 Å². The number of hydrogen-bond acceptors (Lipinski definition) is 2. The molecule has 0 fully saturated rings. The van der Waals surface area contributed by atoms with Gasteiger partial charge in [0.15, 0.2) is 11.6 Å². The number of hydrogen-bond donors (Lipinski definition) is 1. The van der Waals surface area contributed by atoms with E-state index in [0.29, 0.717) is 11.3 Å². The van der Waals surface area contributed by atoms with E-state index in [0.717, 1.165) is 11.1 Å². The minimum atomic E-state index is -0.519. The van der Waals surface area contributed by atoms with Gasteiger partial charge < -0.3 is 10.5 Å². The van der Waals surface area contributed by atoms with Crippen LogP contribution in [0.2, 0.25) is 0 Å². The van der Waals surface area contributed by atoms with Gasteiger partial charge in [-0.25, -0.2) is 4.39 Å². The molecule has 2 aromatic carbocycles. The van der Waals surface area contributed by atoms with Crippen molar-refractivity contribution in [3.63, 3.8) is 0 Å². The molecule has 0 amide bonds. The molecule has 0 unspecified atom stereocenters. The summed E-state index contributed by atoms with van der Waals surface area (Å²) in [6, 6.07) is 8.87. The van der Waals surface area contributed by atoms with E-state index in [4.69, 9.17) is 22.7 Å². The van der Waals surface area contributed by atoms with Gasteiger partial charge in [-0.05, 0) is 65.2 Å². The highest BCUT2D eigenvalue weighted by Gasteiger charge is 2.14. The van der Waals surface area contributed by atoms with Crippen LogP contribution in [0.1, 0.15) is 16.7 Å². The zero-order valence-electron chi connectivity index (χ0n) is 11.0. The lowest BCUT2D eigenvalue weighted by Crippen LogP contribution is -2.11. The maximum Gasteiger partial charge on any atom is 0.180 e. The van der Waals surface area contributed by atoms with Crippen LogP contribution in [0.15, 0.2) is 34.8 Å². The standard InChI is InChI=1S/C15H13BrFNOS/c1-8-5-9(2)7-10(6-8)19-12-4-3-11(15(18)20)13(16)14(12)17/h3-7H,1-2H3,(H2,18,20). The van der Waals surface area contributed by atoms with Gasteiger partial charge in [0.2, 0.25) is 0 Å². The van der Waals surface area contributed by atoms with Gasteiger partial charge in [0, 0.05) is 5.56 Å². The predicted molar refractivity (Wildman–Crippen MR) is 86.0 cm³/mol. The summed E-state index contributed by atoms with van der Waals surface area (Å²) in [5.41, 5.74) is 8.08. The van der Waals surface area contributed by atoms with E-state index in [9.17, 15) is 4.39 Å². The Labute approximate surface area is 130 Å². The molecule has 2 N–H and O–H groups in total. The number of thiocarbonyl (C=S) groups is 1. The molecule has 0 aromatic heterocycles. The molecular formula is C15H13BrFNOS. The summed E-state index contributed by atoms with van der Waals surface area (Å²) in [4.78, 5) is 0.133. The molecule has 0 saturated carbocycles. The zero-order valence-corrected chi connectivity index (χ0v) is 13.4. The zero-order chi connectivity index (χ0) is 14.9. The van der Waals surface area contributed by atoms with E-state index in [1.807, 2.05) is 32.0 Å². The molecule has 5 heteroatoms. The van der Waals surface area contributed by atoms with Gasteiger partial charge in [-0.1, -0.05) is 18.3 Å². The predicted octanol–water partition coefficient (Wildman–Crippen LogP) is 4.63. The maximum atomic E-state index is 14.2. The second-order valence-corrected chi connectivity index (χ2v) is 5.76. The van der Waals surface area contributed by atoms with E-state index in [1.165, 1.54) is 6.07 Å². The first kappa shape index (κ1) is 14.9. The van der Waals surface area contributed by atoms with Crippen molar-refractivity contribution in [2.45, 2.75) is 13.8 Å². The molecule has 0 spiro atoms. The minimum absolute atomic E-state index is 0.127. The summed E-state index contributed by atoms with van der Waals surface area (Å²) in [6.45, 7) is 3.92. The Morgan fingerprint density at radius 1 is 1.20 bits per heavy atom. The Bertz CT molecular complexity index is 668. The van der Waals surface area contributed by atoms with Gasteiger partial charge >= 0.3 is 0 Å². The van der Waals surface area contributed by atoms with Crippen LogP contribution in [0.25, 0.3) is 0 Å². The molecular weight excluding hydrogens is 341 g/mol.